The molecule has 1 heterocycles. The monoisotopic (exact) mass is 342 g/mol. The highest BCUT2D eigenvalue weighted by atomic mass is 16.6. The van der Waals surface area contributed by atoms with E-state index in [9.17, 15) is 15.2 Å². The van der Waals surface area contributed by atoms with Gasteiger partial charge in [-0.15, -0.1) is 0 Å². The van der Waals surface area contributed by atoms with E-state index in [0.29, 0.717) is 18.0 Å². The van der Waals surface area contributed by atoms with Crippen LogP contribution in [0.4, 0.5) is 5.69 Å². The van der Waals surface area contributed by atoms with E-state index in [-0.39, 0.29) is 17.5 Å². The molecule has 3 rings (SSSR count). The number of phenols is 1. The van der Waals surface area contributed by atoms with E-state index in [0.717, 1.165) is 26.0 Å². The van der Waals surface area contributed by atoms with Gasteiger partial charge in [0.1, 0.15) is 5.75 Å². The molecule has 25 heavy (non-hydrogen) atoms. The minimum Gasteiger partial charge on any atom is -0.508 e. The molecule has 0 saturated carbocycles. The van der Waals surface area contributed by atoms with Gasteiger partial charge in [0.25, 0.3) is 5.69 Å². The highest BCUT2D eigenvalue weighted by molar-refractivity contribution is 5.42. The molecule has 0 aliphatic carbocycles. The number of aromatic hydroxyl groups is 1. The summed E-state index contributed by atoms with van der Waals surface area (Å²) < 4.78 is 5.97. The molecule has 0 aromatic heterocycles. The second-order valence-electron chi connectivity index (χ2n) is 6.31. The summed E-state index contributed by atoms with van der Waals surface area (Å²) >= 11 is 0. The van der Waals surface area contributed by atoms with Gasteiger partial charge >= 0.3 is 0 Å². The van der Waals surface area contributed by atoms with Crippen molar-refractivity contribution >= 4 is 5.69 Å². The number of benzene rings is 2. The van der Waals surface area contributed by atoms with Crippen LogP contribution in [0, 0.1) is 16.0 Å². The SMILES string of the molecule is O=[N+]([O-])c1ccc(O)c(CNC[C@H]2CCCO[C@H]2c2ccccc2)c1. The number of phenolic OH excluding ortho intramolecular Hbond substituents is 1. The molecule has 1 aliphatic rings. The Morgan fingerprint density at radius 3 is 2.80 bits per heavy atom. The molecule has 2 N–H and O–H groups in total. The number of rotatable bonds is 6. The predicted octanol–water partition coefficient (Wildman–Crippen LogP) is 3.56. The number of nitro benzene ring substituents is 1. The zero-order valence-electron chi connectivity index (χ0n) is 13.9. The lowest BCUT2D eigenvalue weighted by atomic mass is 9.89. The first kappa shape index (κ1) is 17.4. The van der Waals surface area contributed by atoms with Crippen molar-refractivity contribution in [2.75, 3.05) is 13.2 Å². The van der Waals surface area contributed by atoms with Crippen LogP contribution in [0.3, 0.4) is 0 Å². The van der Waals surface area contributed by atoms with Crippen LogP contribution in [0.25, 0.3) is 0 Å². The van der Waals surface area contributed by atoms with Crippen molar-refractivity contribution in [2.24, 2.45) is 5.92 Å². The van der Waals surface area contributed by atoms with E-state index in [2.05, 4.69) is 17.4 Å². The van der Waals surface area contributed by atoms with Gasteiger partial charge in [0.15, 0.2) is 0 Å². The number of hydrogen-bond acceptors (Lipinski definition) is 5. The number of hydrogen-bond donors (Lipinski definition) is 2. The van der Waals surface area contributed by atoms with Crippen molar-refractivity contribution in [1.29, 1.82) is 0 Å². The van der Waals surface area contributed by atoms with Crippen molar-refractivity contribution in [3.05, 3.63) is 69.8 Å². The van der Waals surface area contributed by atoms with Gasteiger partial charge in [0, 0.05) is 43.3 Å². The summed E-state index contributed by atoms with van der Waals surface area (Å²) in [6, 6.07) is 14.3. The molecule has 1 fully saturated rings. The Hall–Kier alpha value is -2.44. The van der Waals surface area contributed by atoms with Crippen LogP contribution in [0.2, 0.25) is 0 Å². The smallest absolute Gasteiger partial charge is 0.270 e. The fraction of sp³-hybridized carbons (Fsp3) is 0.368. The minimum atomic E-state index is -0.455. The fourth-order valence-electron chi connectivity index (χ4n) is 3.28. The van der Waals surface area contributed by atoms with Crippen LogP contribution in [0.1, 0.15) is 30.1 Å². The van der Waals surface area contributed by atoms with Crippen molar-refractivity contribution in [1.82, 2.24) is 5.32 Å². The Morgan fingerprint density at radius 2 is 2.04 bits per heavy atom. The van der Waals surface area contributed by atoms with Crippen molar-refractivity contribution in [3.63, 3.8) is 0 Å². The Morgan fingerprint density at radius 1 is 1.24 bits per heavy atom. The molecule has 0 bridgehead atoms. The van der Waals surface area contributed by atoms with E-state index in [1.54, 1.807) is 0 Å². The quantitative estimate of drug-likeness (QED) is 0.619. The predicted molar refractivity (Wildman–Crippen MR) is 94.3 cm³/mol. The zero-order chi connectivity index (χ0) is 17.6. The number of non-ortho nitro benzene ring substituents is 1. The average Bonchev–Trinajstić information content (AvgIpc) is 2.64. The van der Waals surface area contributed by atoms with E-state index in [4.69, 9.17) is 4.74 Å². The summed E-state index contributed by atoms with van der Waals surface area (Å²) in [5.41, 5.74) is 1.69. The van der Waals surface area contributed by atoms with Gasteiger partial charge in [0.2, 0.25) is 0 Å². The summed E-state index contributed by atoms with van der Waals surface area (Å²) in [7, 11) is 0. The maximum Gasteiger partial charge on any atom is 0.270 e. The lowest BCUT2D eigenvalue weighted by molar-refractivity contribution is -0.384. The van der Waals surface area contributed by atoms with Crippen molar-refractivity contribution in [2.45, 2.75) is 25.5 Å². The Labute approximate surface area is 146 Å². The third kappa shape index (κ3) is 4.35. The first-order chi connectivity index (χ1) is 12.1. The lowest BCUT2D eigenvalue weighted by Gasteiger charge is -2.32. The van der Waals surface area contributed by atoms with Crippen LogP contribution in [0.15, 0.2) is 48.5 Å². The molecule has 132 valence electrons. The number of nitro groups is 1. The Balaban J connectivity index is 1.62. The summed E-state index contributed by atoms with van der Waals surface area (Å²) in [6.07, 6.45) is 2.15. The van der Waals surface area contributed by atoms with E-state index in [1.165, 1.54) is 23.8 Å². The molecule has 0 unspecified atom stereocenters. The van der Waals surface area contributed by atoms with Gasteiger partial charge in [-0.1, -0.05) is 30.3 Å². The molecule has 2 atom stereocenters. The lowest BCUT2D eigenvalue weighted by Crippen LogP contribution is -2.31. The number of nitrogens with one attached hydrogen (secondary N) is 1. The molecule has 1 saturated heterocycles. The van der Waals surface area contributed by atoms with E-state index < -0.39 is 4.92 Å². The summed E-state index contributed by atoms with van der Waals surface area (Å²) in [6.45, 7) is 1.87. The minimum absolute atomic E-state index is 0.0160. The average molecular weight is 342 g/mol. The van der Waals surface area contributed by atoms with Crippen molar-refractivity contribution < 1.29 is 14.8 Å². The maximum atomic E-state index is 10.9. The maximum absolute atomic E-state index is 10.9. The van der Waals surface area contributed by atoms with Crippen molar-refractivity contribution in [3.8, 4) is 5.75 Å². The zero-order valence-corrected chi connectivity index (χ0v) is 13.9. The first-order valence-electron chi connectivity index (χ1n) is 8.48. The third-order valence-corrected chi connectivity index (χ3v) is 4.57. The summed E-state index contributed by atoms with van der Waals surface area (Å²) in [4.78, 5) is 10.4. The van der Waals surface area contributed by atoms with Gasteiger partial charge < -0.3 is 15.2 Å². The second kappa shape index (κ2) is 8.09. The molecule has 6 heteroatoms. The molecule has 0 radical (unpaired) electrons. The van der Waals surface area contributed by atoms with Gasteiger partial charge in [0.05, 0.1) is 11.0 Å². The van der Waals surface area contributed by atoms with E-state index in [1.807, 2.05) is 18.2 Å². The number of ether oxygens (including phenoxy) is 1. The molecule has 1 aliphatic heterocycles. The molecular formula is C19H22N2O4. The Kier molecular flexibility index (Phi) is 5.63. The van der Waals surface area contributed by atoms with E-state index >= 15 is 0 Å². The largest absolute Gasteiger partial charge is 0.508 e. The van der Waals surface area contributed by atoms with Crippen LogP contribution < -0.4 is 5.32 Å². The number of nitrogens with zero attached hydrogens (tertiary/aromatic N) is 1. The molecule has 2 aromatic carbocycles. The van der Waals surface area contributed by atoms with Gasteiger partial charge in [-0.25, -0.2) is 0 Å². The molecule has 6 nitrogen and oxygen atoms in total. The first-order valence-corrected chi connectivity index (χ1v) is 8.48. The van der Waals surface area contributed by atoms with Crippen LogP contribution in [-0.2, 0) is 11.3 Å². The third-order valence-electron chi connectivity index (χ3n) is 4.57. The molecule has 2 aromatic rings. The molecule has 0 spiro atoms. The normalized spacial score (nSPS) is 20.3. The highest BCUT2D eigenvalue weighted by Gasteiger charge is 2.27. The highest BCUT2D eigenvalue weighted by Crippen LogP contribution is 2.33. The van der Waals surface area contributed by atoms with Gasteiger partial charge in [-0.05, 0) is 24.5 Å². The molecule has 0 amide bonds. The summed E-state index contributed by atoms with van der Waals surface area (Å²) in [5.74, 6) is 0.398. The Bertz CT molecular complexity index is 721. The van der Waals surface area contributed by atoms with Crippen LogP contribution in [0.5, 0.6) is 5.75 Å². The molecular weight excluding hydrogens is 320 g/mol. The topological polar surface area (TPSA) is 84.6 Å². The fourth-order valence-corrected chi connectivity index (χ4v) is 3.28. The van der Waals surface area contributed by atoms with Crippen LogP contribution in [-0.4, -0.2) is 23.2 Å². The second-order valence-corrected chi connectivity index (χ2v) is 6.31. The standard InChI is InChI=1S/C19H22N2O4/c22-18-9-8-17(21(23)24)11-16(18)13-20-12-15-7-4-10-25-19(15)14-5-2-1-3-6-14/h1-3,5-6,8-9,11,15,19-20,22H,4,7,10,12-13H2/t15-,19+/m1/s1. The van der Waals surface area contributed by atoms with Gasteiger partial charge in [-0.2, -0.15) is 0 Å². The van der Waals surface area contributed by atoms with Gasteiger partial charge in [-0.3, -0.25) is 10.1 Å². The summed E-state index contributed by atoms with van der Waals surface area (Å²) in [5, 5.41) is 24.1. The van der Waals surface area contributed by atoms with Crippen LogP contribution >= 0.6 is 0 Å².